The normalized spacial score (nSPS) is 14.7. The van der Waals surface area contributed by atoms with Gasteiger partial charge in [0.25, 0.3) is 0 Å². The third kappa shape index (κ3) is 8.58. The van der Waals surface area contributed by atoms with Gasteiger partial charge in [0.15, 0.2) is 5.67 Å². The van der Waals surface area contributed by atoms with E-state index in [0.29, 0.717) is 0 Å². The highest BCUT2D eigenvalue weighted by Crippen LogP contribution is 2.22. The van der Waals surface area contributed by atoms with E-state index in [4.69, 9.17) is 13.3 Å². The largest absolute Gasteiger partial charge is 0.673 e. The van der Waals surface area contributed by atoms with Gasteiger partial charge < -0.3 is 35.0 Å². The van der Waals surface area contributed by atoms with Crippen molar-refractivity contribution >= 4 is 16.1 Å². The van der Waals surface area contributed by atoms with E-state index in [0.717, 1.165) is 10.9 Å². The molecule has 0 fully saturated rings. The third-order valence-electron chi connectivity index (χ3n) is 2.58. The SMILES string of the molecule is CCC([N+](C)(C)C)[Si](OC)(OC)OC.F[B-](F)(F)F. The summed E-state index contributed by atoms with van der Waals surface area (Å²) in [4.78, 5) is 0. The van der Waals surface area contributed by atoms with Crippen molar-refractivity contribution in [2.45, 2.75) is 19.0 Å². The molecule has 0 aromatic heterocycles. The van der Waals surface area contributed by atoms with E-state index < -0.39 is 16.1 Å². The van der Waals surface area contributed by atoms with Crippen molar-refractivity contribution in [3.8, 4) is 0 Å². The Balaban J connectivity index is 0. The van der Waals surface area contributed by atoms with Crippen LogP contribution in [0.1, 0.15) is 13.3 Å². The number of quaternary nitrogens is 1. The molecule has 0 aromatic carbocycles. The van der Waals surface area contributed by atoms with Crippen LogP contribution in [0.4, 0.5) is 17.3 Å². The Kier molecular flexibility index (Phi) is 9.13. The Bertz CT molecular complexity index is 232. The van der Waals surface area contributed by atoms with E-state index in [1.807, 2.05) is 0 Å². The van der Waals surface area contributed by atoms with Crippen LogP contribution in [0.25, 0.3) is 0 Å². The van der Waals surface area contributed by atoms with Gasteiger partial charge in [-0.15, -0.1) is 0 Å². The van der Waals surface area contributed by atoms with E-state index in [1.165, 1.54) is 0 Å². The molecule has 0 aromatic rings. The first-order valence-electron chi connectivity index (χ1n) is 5.71. The fourth-order valence-electron chi connectivity index (χ4n) is 1.93. The molecule has 0 aliphatic heterocycles. The summed E-state index contributed by atoms with van der Waals surface area (Å²) in [6, 6.07) is 0. The molecule has 19 heavy (non-hydrogen) atoms. The van der Waals surface area contributed by atoms with E-state index in [-0.39, 0.29) is 5.67 Å². The van der Waals surface area contributed by atoms with Crippen LogP contribution < -0.4 is 0 Å². The molecule has 0 aliphatic carbocycles. The highest BCUT2D eigenvalue weighted by atomic mass is 28.4. The number of rotatable bonds is 6. The van der Waals surface area contributed by atoms with Gasteiger partial charge in [-0.05, 0) is 0 Å². The fourth-order valence-corrected chi connectivity index (χ4v) is 4.70. The molecule has 1 atom stereocenters. The highest BCUT2D eigenvalue weighted by Gasteiger charge is 2.54. The Hall–Kier alpha value is -0.158. The topological polar surface area (TPSA) is 27.7 Å². The van der Waals surface area contributed by atoms with Crippen LogP contribution in [-0.2, 0) is 13.3 Å². The predicted octanol–water partition coefficient (Wildman–Crippen LogP) is 2.19. The van der Waals surface area contributed by atoms with Gasteiger partial charge in [0, 0.05) is 27.8 Å². The molecule has 0 N–H and O–H groups in total. The molecule has 0 saturated heterocycles. The Morgan fingerprint density at radius 2 is 1.21 bits per heavy atom. The maximum Gasteiger partial charge on any atom is 0.673 e. The standard InChI is InChI=1S/C9H24NO3Si.BF4/c1-8-9(10(2,3)4)14(11-5,12-6)13-7;2-1(3,4)5/h9H,8H2,1-7H3;/q+1;-1. The molecule has 0 bridgehead atoms. The molecule has 10 heteroatoms. The lowest BCUT2D eigenvalue weighted by Crippen LogP contribution is -2.65. The summed E-state index contributed by atoms with van der Waals surface area (Å²) in [6.45, 7) is 2.13. The smallest absolute Gasteiger partial charge is 0.418 e. The lowest BCUT2D eigenvalue weighted by atomic mass is 10.3. The van der Waals surface area contributed by atoms with Crippen molar-refractivity contribution < 1.29 is 35.0 Å². The molecule has 118 valence electrons. The minimum Gasteiger partial charge on any atom is -0.418 e. The molecule has 1 unspecified atom stereocenters. The first kappa shape index (κ1) is 21.1. The molecule has 0 amide bonds. The second-order valence-corrected chi connectivity index (χ2v) is 7.85. The summed E-state index contributed by atoms with van der Waals surface area (Å²) in [7, 11) is 2.88. The summed E-state index contributed by atoms with van der Waals surface area (Å²) >= 11 is 0. The number of hydrogen-bond donors (Lipinski definition) is 0. The van der Waals surface area contributed by atoms with E-state index >= 15 is 0 Å². The molecule has 0 radical (unpaired) electrons. The molecule has 0 saturated carbocycles. The van der Waals surface area contributed by atoms with Gasteiger partial charge in [-0.25, -0.2) is 0 Å². The fraction of sp³-hybridized carbons (Fsp3) is 1.00. The van der Waals surface area contributed by atoms with Crippen LogP contribution in [-0.4, -0.2) is 68.7 Å². The zero-order valence-corrected chi connectivity index (χ0v) is 13.5. The quantitative estimate of drug-likeness (QED) is 0.428. The molecule has 4 nitrogen and oxygen atoms in total. The van der Waals surface area contributed by atoms with Gasteiger partial charge in [0.05, 0.1) is 21.1 Å². The highest BCUT2D eigenvalue weighted by molar-refractivity contribution is 6.62. The molecule has 0 heterocycles. The van der Waals surface area contributed by atoms with Crippen molar-refractivity contribution in [1.82, 2.24) is 0 Å². The Labute approximate surface area is 113 Å². The number of halogens is 4. The van der Waals surface area contributed by atoms with Gasteiger partial charge in [0.1, 0.15) is 0 Å². The molecule has 0 spiro atoms. The van der Waals surface area contributed by atoms with Gasteiger partial charge in [-0.2, -0.15) is 0 Å². The monoisotopic (exact) mass is 309 g/mol. The molecule has 0 rings (SSSR count). The van der Waals surface area contributed by atoms with Crippen LogP contribution >= 0.6 is 0 Å². The van der Waals surface area contributed by atoms with E-state index in [9.17, 15) is 17.3 Å². The summed E-state index contributed by atoms with van der Waals surface area (Å²) in [5, 5.41) is 0. The number of hydrogen-bond acceptors (Lipinski definition) is 3. The van der Waals surface area contributed by atoms with Crippen LogP contribution in [0.3, 0.4) is 0 Å². The zero-order chi connectivity index (χ0) is 15.9. The minimum atomic E-state index is -6.00. The lowest BCUT2D eigenvalue weighted by Gasteiger charge is -2.40. The van der Waals surface area contributed by atoms with Crippen LogP contribution in [0, 0.1) is 0 Å². The van der Waals surface area contributed by atoms with E-state index in [1.54, 1.807) is 21.3 Å². The average Bonchev–Trinajstić information content (AvgIpc) is 2.22. The molecule has 0 aliphatic rings. The summed E-state index contributed by atoms with van der Waals surface area (Å²) in [6.07, 6.45) is 0.977. The van der Waals surface area contributed by atoms with Crippen molar-refractivity contribution in [2.75, 3.05) is 42.5 Å². The maximum absolute atomic E-state index is 9.75. The second-order valence-electron chi connectivity index (χ2n) is 4.75. The van der Waals surface area contributed by atoms with Crippen molar-refractivity contribution in [1.29, 1.82) is 0 Å². The minimum absolute atomic E-state index is 0.266. The van der Waals surface area contributed by atoms with Gasteiger partial charge in [-0.1, -0.05) is 6.92 Å². The second kappa shape index (κ2) is 8.20. The van der Waals surface area contributed by atoms with Crippen LogP contribution in [0.2, 0.25) is 0 Å². The summed E-state index contributed by atoms with van der Waals surface area (Å²) in [5.41, 5.74) is 0.266. The Morgan fingerprint density at radius 3 is 1.26 bits per heavy atom. The van der Waals surface area contributed by atoms with Crippen molar-refractivity contribution in [3.63, 3.8) is 0 Å². The third-order valence-corrected chi connectivity index (χ3v) is 6.29. The number of nitrogens with zero attached hydrogens (tertiary/aromatic N) is 1. The molecular weight excluding hydrogens is 285 g/mol. The van der Waals surface area contributed by atoms with Gasteiger partial charge in [0.2, 0.25) is 0 Å². The lowest BCUT2D eigenvalue weighted by molar-refractivity contribution is -0.887. The average molecular weight is 309 g/mol. The zero-order valence-electron chi connectivity index (χ0n) is 12.5. The van der Waals surface area contributed by atoms with Gasteiger partial charge >= 0.3 is 16.1 Å². The summed E-state index contributed by atoms with van der Waals surface area (Å²) in [5.74, 6) is 0. The van der Waals surface area contributed by atoms with Gasteiger partial charge in [-0.3, -0.25) is 0 Å². The van der Waals surface area contributed by atoms with Crippen LogP contribution in [0.5, 0.6) is 0 Å². The van der Waals surface area contributed by atoms with Crippen molar-refractivity contribution in [3.05, 3.63) is 0 Å². The van der Waals surface area contributed by atoms with E-state index in [2.05, 4.69) is 28.1 Å². The molecular formula is C9H24BF4NO3Si. The maximum atomic E-state index is 9.75. The first-order chi connectivity index (χ1) is 8.37. The van der Waals surface area contributed by atoms with Crippen molar-refractivity contribution in [2.24, 2.45) is 0 Å². The summed E-state index contributed by atoms with van der Waals surface area (Å²) < 4.78 is 56.3. The Morgan fingerprint density at radius 1 is 0.947 bits per heavy atom. The van der Waals surface area contributed by atoms with Crippen LogP contribution in [0.15, 0.2) is 0 Å². The predicted molar refractivity (Wildman–Crippen MR) is 69.1 cm³/mol. The first-order valence-corrected chi connectivity index (χ1v) is 7.52.